The van der Waals surface area contributed by atoms with E-state index in [2.05, 4.69) is 82.6 Å². The summed E-state index contributed by atoms with van der Waals surface area (Å²) in [6.07, 6.45) is 0. The van der Waals surface area contributed by atoms with Crippen LogP contribution in [-0.2, 0) is 13.1 Å². The monoisotopic (exact) mass is 438 g/mol. The van der Waals surface area contributed by atoms with Gasteiger partial charge in [-0.25, -0.2) is 0 Å². The van der Waals surface area contributed by atoms with Gasteiger partial charge in [0, 0.05) is 35.6 Å². The second kappa shape index (κ2) is 10.6. The molecule has 2 aliphatic heterocycles. The number of hydrogen-bond donors (Lipinski definition) is 0. The summed E-state index contributed by atoms with van der Waals surface area (Å²) in [5.41, 5.74) is 4.91. The summed E-state index contributed by atoms with van der Waals surface area (Å²) in [5, 5.41) is 0. The van der Waals surface area contributed by atoms with Gasteiger partial charge in [0.2, 0.25) is 0 Å². The molecule has 4 aromatic rings. The highest BCUT2D eigenvalue weighted by molar-refractivity contribution is 5.50. The van der Waals surface area contributed by atoms with Crippen LogP contribution in [0.15, 0.2) is 109 Å². The summed E-state index contributed by atoms with van der Waals surface area (Å²) in [7, 11) is 0. The minimum Gasteiger partial charge on any atom is -0.473 e. The van der Waals surface area contributed by atoms with Crippen LogP contribution in [0.4, 0.5) is 11.4 Å². The van der Waals surface area contributed by atoms with Crippen molar-refractivity contribution < 1.29 is 9.47 Å². The average Bonchev–Trinajstić information content (AvgIpc) is 2.89. The Morgan fingerprint density at radius 2 is 0.818 bits per heavy atom. The maximum Gasteiger partial charge on any atom is 0.161 e. The van der Waals surface area contributed by atoms with Crippen LogP contribution in [0.5, 0.6) is 11.5 Å². The normalized spacial score (nSPS) is 13.7. The summed E-state index contributed by atoms with van der Waals surface area (Å²) in [5.74, 6) is 2.02. The Balaban J connectivity index is 0.000000152. The number of ether oxygens (including phenoxy) is 2. The maximum atomic E-state index is 5.72. The van der Waals surface area contributed by atoms with Gasteiger partial charge in [-0.05, 0) is 36.4 Å². The van der Waals surface area contributed by atoms with Gasteiger partial charge in [-0.15, -0.1) is 0 Å². The highest BCUT2D eigenvalue weighted by atomic mass is 16.5. The molecule has 2 heterocycles. The Morgan fingerprint density at radius 1 is 0.455 bits per heavy atom. The Labute approximate surface area is 196 Å². The molecule has 0 bridgehead atoms. The van der Waals surface area contributed by atoms with E-state index in [1.165, 1.54) is 22.5 Å². The molecule has 0 N–H and O–H groups in total. The van der Waals surface area contributed by atoms with Crippen molar-refractivity contribution in [3.8, 4) is 11.5 Å². The zero-order valence-electron chi connectivity index (χ0n) is 17.9. The first-order valence-electron chi connectivity index (χ1n) is 10.9. The number of hydrogen-bond acceptors (Lipinski definition) is 4. The van der Waals surface area contributed by atoms with Crippen LogP contribution in [-0.4, -0.2) is 13.5 Å². The van der Waals surface area contributed by atoms with Crippen LogP contribution in [0.25, 0.3) is 0 Å². The van der Waals surface area contributed by atoms with Crippen molar-refractivity contribution in [3.63, 3.8) is 0 Å². The van der Waals surface area contributed by atoms with E-state index in [-0.39, 0.29) is 7.43 Å². The first kappa shape index (κ1) is 22.3. The van der Waals surface area contributed by atoms with Gasteiger partial charge in [0.1, 0.15) is 11.5 Å². The molecule has 0 saturated carbocycles. The zero-order valence-corrected chi connectivity index (χ0v) is 17.9. The van der Waals surface area contributed by atoms with Crippen molar-refractivity contribution in [2.75, 3.05) is 23.3 Å². The van der Waals surface area contributed by atoms with Gasteiger partial charge in [0.15, 0.2) is 13.5 Å². The standard InChI is InChI=1S/2C14H13NO.CH4/c2*1-2-7-13(8-3-1)15-10-12-6-4-5-9-14(12)16-11-15;/h2*1-9H,10-11H2;1H4. The molecule has 0 aromatic heterocycles. The van der Waals surface area contributed by atoms with Crippen LogP contribution in [0.2, 0.25) is 0 Å². The third-order valence-electron chi connectivity index (χ3n) is 5.66. The molecule has 0 spiro atoms. The average molecular weight is 439 g/mol. The fourth-order valence-corrected chi connectivity index (χ4v) is 3.96. The first-order chi connectivity index (χ1) is 15.9. The number of para-hydroxylation sites is 4. The first-order valence-corrected chi connectivity index (χ1v) is 10.9. The minimum absolute atomic E-state index is 0. The quantitative estimate of drug-likeness (QED) is 0.347. The summed E-state index contributed by atoms with van der Waals surface area (Å²) in [4.78, 5) is 4.45. The SMILES string of the molecule is C.c1ccc(N2COc3ccccc3C2)cc1.c1ccc(N2COc3ccccc3C2)cc1. The molecule has 4 nitrogen and oxygen atoms in total. The van der Waals surface area contributed by atoms with E-state index < -0.39 is 0 Å². The Hall–Kier alpha value is -3.92. The summed E-state index contributed by atoms with van der Waals surface area (Å²) in [6.45, 7) is 3.09. The number of anilines is 2. The minimum atomic E-state index is 0. The molecule has 0 fully saturated rings. The van der Waals surface area contributed by atoms with Crippen LogP contribution in [0.3, 0.4) is 0 Å². The maximum absolute atomic E-state index is 5.72. The van der Waals surface area contributed by atoms with E-state index in [1.54, 1.807) is 0 Å². The second-order valence-corrected chi connectivity index (χ2v) is 7.83. The van der Waals surface area contributed by atoms with Crippen LogP contribution >= 0.6 is 0 Å². The van der Waals surface area contributed by atoms with Crippen molar-refractivity contribution >= 4 is 11.4 Å². The van der Waals surface area contributed by atoms with Crippen LogP contribution in [0.1, 0.15) is 18.6 Å². The molecule has 4 heteroatoms. The molecule has 6 rings (SSSR count). The molecule has 2 aliphatic rings. The van der Waals surface area contributed by atoms with Gasteiger partial charge < -0.3 is 19.3 Å². The lowest BCUT2D eigenvalue weighted by atomic mass is 10.1. The smallest absolute Gasteiger partial charge is 0.161 e. The lowest BCUT2D eigenvalue weighted by Crippen LogP contribution is -2.31. The molecule has 168 valence electrons. The van der Waals surface area contributed by atoms with Gasteiger partial charge in [-0.1, -0.05) is 80.2 Å². The van der Waals surface area contributed by atoms with Crippen molar-refractivity contribution in [2.45, 2.75) is 20.5 Å². The molecule has 0 radical (unpaired) electrons. The van der Waals surface area contributed by atoms with Gasteiger partial charge in [0.05, 0.1) is 0 Å². The van der Waals surface area contributed by atoms with E-state index in [0.29, 0.717) is 13.5 Å². The molecule has 33 heavy (non-hydrogen) atoms. The summed E-state index contributed by atoms with van der Waals surface area (Å²) in [6, 6.07) is 37.1. The predicted molar refractivity (Wildman–Crippen MR) is 136 cm³/mol. The number of benzene rings is 4. The fraction of sp³-hybridized carbons (Fsp3) is 0.172. The lowest BCUT2D eigenvalue weighted by Gasteiger charge is -2.30. The highest BCUT2D eigenvalue weighted by Gasteiger charge is 2.17. The van der Waals surface area contributed by atoms with Gasteiger partial charge in [0.25, 0.3) is 0 Å². The Morgan fingerprint density at radius 3 is 1.24 bits per heavy atom. The third kappa shape index (κ3) is 5.29. The van der Waals surface area contributed by atoms with Gasteiger partial charge in [-0.3, -0.25) is 0 Å². The molecule has 4 aromatic carbocycles. The molecular weight excluding hydrogens is 408 g/mol. The van der Waals surface area contributed by atoms with Crippen LogP contribution in [0, 0.1) is 0 Å². The van der Waals surface area contributed by atoms with Crippen molar-refractivity contribution in [1.29, 1.82) is 0 Å². The third-order valence-corrected chi connectivity index (χ3v) is 5.66. The molecule has 0 aliphatic carbocycles. The van der Waals surface area contributed by atoms with Gasteiger partial charge >= 0.3 is 0 Å². The van der Waals surface area contributed by atoms with Crippen molar-refractivity contribution in [1.82, 2.24) is 0 Å². The van der Waals surface area contributed by atoms with E-state index in [1.807, 2.05) is 36.4 Å². The summed E-state index contributed by atoms with van der Waals surface area (Å²) < 4.78 is 11.4. The van der Waals surface area contributed by atoms with Crippen molar-refractivity contribution in [3.05, 3.63) is 120 Å². The zero-order chi connectivity index (χ0) is 21.6. The predicted octanol–water partition coefficient (Wildman–Crippen LogP) is 6.72. The Bertz CT molecular complexity index is 1060. The van der Waals surface area contributed by atoms with E-state index in [4.69, 9.17) is 9.47 Å². The van der Waals surface area contributed by atoms with Gasteiger partial charge in [-0.2, -0.15) is 0 Å². The van der Waals surface area contributed by atoms with E-state index in [9.17, 15) is 0 Å². The molecule has 0 unspecified atom stereocenters. The van der Waals surface area contributed by atoms with Crippen molar-refractivity contribution in [2.24, 2.45) is 0 Å². The number of fused-ring (bicyclic) bond motifs is 2. The number of nitrogens with zero attached hydrogens (tertiary/aromatic N) is 2. The van der Waals surface area contributed by atoms with Crippen LogP contribution < -0.4 is 19.3 Å². The number of rotatable bonds is 2. The second-order valence-electron chi connectivity index (χ2n) is 7.83. The molecule has 0 saturated heterocycles. The molecule has 0 atom stereocenters. The topological polar surface area (TPSA) is 24.9 Å². The Kier molecular flexibility index (Phi) is 7.16. The van der Waals surface area contributed by atoms with E-state index in [0.717, 1.165) is 24.6 Å². The highest BCUT2D eigenvalue weighted by Crippen LogP contribution is 2.28. The summed E-state index contributed by atoms with van der Waals surface area (Å²) >= 11 is 0. The molecular formula is C29H30N2O2. The fourth-order valence-electron chi connectivity index (χ4n) is 3.96. The molecule has 0 amide bonds. The lowest BCUT2D eigenvalue weighted by molar-refractivity contribution is 0.289. The van der Waals surface area contributed by atoms with E-state index >= 15 is 0 Å². The largest absolute Gasteiger partial charge is 0.473 e.